The Morgan fingerprint density at radius 3 is 1.11 bits per heavy atom. The van der Waals surface area contributed by atoms with Crippen LogP contribution in [0.1, 0.15) is 188 Å². The average molecular weight is 765 g/mol. The van der Waals surface area contributed by atoms with E-state index >= 15 is 0 Å². The molecule has 0 radical (unpaired) electrons. The highest BCUT2D eigenvalue weighted by Gasteiger charge is 2.19. The summed E-state index contributed by atoms with van der Waals surface area (Å²) < 4.78 is 16.5. The molecule has 0 heterocycles. The van der Waals surface area contributed by atoms with Gasteiger partial charge in [0, 0.05) is 19.3 Å². The lowest BCUT2D eigenvalue weighted by atomic mass is 10.1. The Balaban J connectivity index is 4.17. The highest BCUT2D eigenvalue weighted by molar-refractivity contribution is 5.71. The second-order valence-corrected chi connectivity index (χ2v) is 14.2. The molecule has 0 saturated heterocycles. The monoisotopic (exact) mass is 765 g/mol. The molecular weight excluding hydrogens is 685 g/mol. The summed E-state index contributed by atoms with van der Waals surface area (Å²) in [5, 5.41) is 0. The van der Waals surface area contributed by atoms with Crippen LogP contribution in [0.15, 0.2) is 85.1 Å². The van der Waals surface area contributed by atoms with E-state index in [1.807, 2.05) is 0 Å². The largest absolute Gasteiger partial charge is 0.462 e. The normalized spacial score (nSPS) is 12.9. The molecule has 0 spiro atoms. The second kappa shape index (κ2) is 43.3. The van der Waals surface area contributed by atoms with Crippen molar-refractivity contribution in [1.82, 2.24) is 0 Å². The van der Waals surface area contributed by atoms with Crippen molar-refractivity contribution in [1.29, 1.82) is 0 Å². The lowest BCUT2D eigenvalue weighted by molar-refractivity contribution is -0.167. The van der Waals surface area contributed by atoms with Crippen molar-refractivity contribution >= 4 is 17.9 Å². The van der Waals surface area contributed by atoms with E-state index in [4.69, 9.17) is 14.2 Å². The van der Waals surface area contributed by atoms with Gasteiger partial charge in [-0.1, -0.05) is 176 Å². The molecule has 0 aliphatic carbocycles. The van der Waals surface area contributed by atoms with E-state index < -0.39 is 6.10 Å². The Morgan fingerprint density at radius 2 is 0.709 bits per heavy atom. The van der Waals surface area contributed by atoms with Gasteiger partial charge in [-0.25, -0.2) is 0 Å². The SMILES string of the molecule is CC/C=C\C/C=C\C/C=C\C/C=C\C/C=C\C/C=C\C/C=C\CCCCCC(=O)OCC(COC(=O)CCCCCCCC)OC(=O)CCCCCCCC. The summed E-state index contributed by atoms with van der Waals surface area (Å²) in [6.45, 7) is 6.34. The summed E-state index contributed by atoms with van der Waals surface area (Å²) >= 11 is 0. The lowest BCUT2D eigenvalue weighted by Gasteiger charge is -2.18. The number of rotatable bonds is 38. The Morgan fingerprint density at radius 1 is 0.382 bits per heavy atom. The van der Waals surface area contributed by atoms with E-state index in [-0.39, 0.29) is 31.1 Å². The van der Waals surface area contributed by atoms with E-state index in [0.717, 1.165) is 109 Å². The van der Waals surface area contributed by atoms with Gasteiger partial charge in [0.2, 0.25) is 0 Å². The molecule has 0 N–H and O–H groups in total. The van der Waals surface area contributed by atoms with Crippen LogP contribution in [0.2, 0.25) is 0 Å². The number of esters is 3. The predicted octanol–water partition coefficient (Wildman–Crippen LogP) is 14.1. The van der Waals surface area contributed by atoms with Crippen LogP contribution in [0, 0.1) is 0 Å². The van der Waals surface area contributed by atoms with Crippen LogP contribution in [-0.4, -0.2) is 37.2 Å². The fourth-order valence-electron chi connectivity index (χ4n) is 5.60. The summed E-state index contributed by atoms with van der Waals surface area (Å²) in [7, 11) is 0. The maximum absolute atomic E-state index is 12.5. The van der Waals surface area contributed by atoms with Crippen molar-refractivity contribution in [2.45, 2.75) is 194 Å². The first-order chi connectivity index (χ1) is 27.0. The van der Waals surface area contributed by atoms with Gasteiger partial charge in [0.15, 0.2) is 6.10 Å². The van der Waals surface area contributed by atoms with E-state index in [9.17, 15) is 14.4 Å². The molecule has 0 amide bonds. The van der Waals surface area contributed by atoms with Crippen LogP contribution in [0.5, 0.6) is 0 Å². The Kier molecular flexibility index (Phi) is 40.6. The third-order valence-electron chi connectivity index (χ3n) is 8.91. The van der Waals surface area contributed by atoms with Gasteiger partial charge in [-0.2, -0.15) is 0 Å². The smallest absolute Gasteiger partial charge is 0.306 e. The van der Waals surface area contributed by atoms with Gasteiger partial charge < -0.3 is 14.2 Å². The highest BCUT2D eigenvalue weighted by atomic mass is 16.6. The zero-order valence-electron chi connectivity index (χ0n) is 35.4. The maximum Gasteiger partial charge on any atom is 0.306 e. The first-order valence-corrected chi connectivity index (χ1v) is 22.1. The minimum Gasteiger partial charge on any atom is -0.462 e. The summed E-state index contributed by atoms with van der Waals surface area (Å²) in [5.74, 6) is -0.953. The molecule has 0 saturated carbocycles. The van der Waals surface area contributed by atoms with Crippen molar-refractivity contribution in [2.75, 3.05) is 13.2 Å². The molecule has 6 heteroatoms. The van der Waals surface area contributed by atoms with Crippen LogP contribution >= 0.6 is 0 Å². The average Bonchev–Trinajstić information content (AvgIpc) is 3.18. The van der Waals surface area contributed by atoms with Gasteiger partial charge in [-0.3, -0.25) is 14.4 Å². The number of carbonyl (C=O) groups is 3. The number of ether oxygens (including phenoxy) is 3. The molecule has 0 aromatic rings. The zero-order chi connectivity index (χ0) is 40.1. The minimum atomic E-state index is -0.781. The molecule has 55 heavy (non-hydrogen) atoms. The molecule has 0 aliphatic heterocycles. The third-order valence-corrected chi connectivity index (χ3v) is 8.91. The van der Waals surface area contributed by atoms with E-state index in [2.05, 4.69) is 106 Å². The number of hydrogen-bond acceptors (Lipinski definition) is 6. The Labute approximate surface area is 337 Å². The molecule has 0 bridgehead atoms. The van der Waals surface area contributed by atoms with Gasteiger partial charge >= 0.3 is 17.9 Å². The molecule has 0 aromatic carbocycles. The van der Waals surface area contributed by atoms with Gasteiger partial charge in [-0.05, 0) is 77.0 Å². The van der Waals surface area contributed by atoms with Gasteiger partial charge in [0.25, 0.3) is 0 Å². The maximum atomic E-state index is 12.5. The summed E-state index contributed by atoms with van der Waals surface area (Å²) in [6, 6.07) is 0. The van der Waals surface area contributed by atoms with Crippen molar-refractivity contribution in [3.63, 3.8) is 0 Å². The summed E-state index contributed by atoms with van der Waals surface area (Å²) in [6.07, 6.45) is 54.7. The molecular formula is C49H80O6. The van der Waals surface area contributed by atoms with Gasteiger partial charge in [-0.15, -0.1) is 0 Å². The van der Waals surface area contributed by atoms with Gasteiger partial charge in [0.05, 0.1) is 0 Å². The number of unbranched alkanes of at least 4 members (excludes halogenated alkanes) is 13. The lowest BCUT2D eigenvalue weighted by Crippen LogP contribution is -2.30. The van der Waals surface area contributed by atoms with Crippen LogP contribution in [0.25, 0.3) is 0 Å². The standard InChI is InChI=1S/C49H80O6/c1-4-7-10-13-16-17-18-19-20-21-22-23-24-25-26-27-28-29-30-31-32-33-34-37-39-42-48(51)54-45-46(55-49(52)43-40-36-15-12-9-6-3)44-53-47(50)41-38-35-14-11-8-5-2/h7,10,16-17,19-20,22-23,25-26,28-29,31-32,46H,4-6,8-9,11-15,18,21,24,27,30,33-45H2,1-3H3/b10-7-,17-16-,20-19-,23-22-,26-25-,29-28-,32-31-. The molecule has 312 valence electrons. The number of hydrogen-bond donors (Lipinski definition) is 0. The van der Waals surface area contributed by atoms with E-state index in [1.54, 1.807) is 0 Å². The van der Waals surface area contributed by atoms with Crippen LogP contribution in [0.4, 0.5) is 0 Å². The molecule has 0 fully saturated rings. The second-order valence-electron chi connectivity index (χ2n) is 14.2. The van der Waals surface area contributed by atoms with Crippen LogP contribution in [0.3, 0.4) is 0 Å². The molecule has 0 aromatic heterocycles. The van der Waals surface area contributed by atoms with Gasteiger partial charge in [0.1, 0.15) is 13.2 Å². The predicted molar refractivity (Wildman–Crippen MR) is 233 cm³/mol. The first kappa shape index (κ1) is 51.6. The molecule has 1 unspecified atom stereocenters. The number of allylic oxidation sites excluding steroid dienone is 14. The highest BCUT2D eigenvalue weighted by Crippen LogP contribution is 2.11. The van der Waals surface area contributed by atoms with E-state index in [0.29, 0.717) is 19.3 Å². The molecule has 0 aliphatic rings. The van der Waals surface area contributed by atoms with Crippen molar-refractivity contribution in [3.05, 3.63) is 85.1 Å². The fourth-order valence-corrected chi connectivity index (χ4v) is 5.60. The van der Waals surface area contributed by atoms with Crippen molar-refractivity contribution in [3.8, 4) is 0 Å². The third kappa shape index (κ3) is 41.6. The first-order valence-electron chi connectivity index (χ1n) is 22.1. The fraction of sp³-hybridized carbons (Fsp3) is 0.653. The van der Waals surface area contributed by atoms with Crippen molar-refractivity contribution in [2.24, 2.45) is 0 Å². The zero-order valence-corrected chi connectivity index (χ0v) is 35.4. The minimum absolute atomic E-state index is 0.0882. The quantitative estimate of drug-likeness (QED) is 0.0270. The molecule has 0 rings (SSSR count). The Hall–Kier alpha value is -3.41. The topological polar surface area (TPSA) is 78.9 Å². The van der Waals surface area contributed by atoms with E-state index in [1.165, 1.54) is 38.5 Å². The molecule has 1 atom stereocenters. The van der Waals surface area contributed by atoms with Crippen LogP contribution < -0.4 is 0 Å². The molecule has 6 nitrogen and oxygen atoms in total. The summed E-state index contributed by atoms with van der Waals surface area (Å²) in [5.41, 5.74) is 0. The summed E-state index contributed by atoms with van der Waals surface area (Å²) in [4.78, 5) is 37.2. The van der Waals surface area contributed by atoms with Crippen molar-refractivity contribution < 1.29 is 28.6 Å². The number of carbonyl (C=O) groups excluding carboxylic acids is 3. The Bertz CT molecular complexity index is 1110. The van der Waals surface area contributed by atoms with Crippen LogP contribution in [-0.2, 0) is 28.6 Å².